The third-order valence-electron chi connectivity index (χ3n) is 5.99. The maximum atomic E-state index is 13.3. The van der Waals surface area contributed by atoms with Gasteiger partial charge in [-0.25, -0.2) is 0 Å². The smallest absolute Gasteiger partial charge is 0.293 e. The Morgan fingerprint density at radius 1 is 1.45 bits per heavy atom. The molecule has 2 aliphatic rings. The molecule has 0 radical (unpaired) electrons. The van der Waals surface area contributed by atoms with Gasteiger partial charge in [0.05, 0.1) is 25.7 Å². The van der Waals surface area contributed by atoms with Gasteiger partial charge in [0.15, 0.2) is 0 Å². The summed E-state index contributed by atoms with van der Waals surface area (Å²) in [6.45, 7) is 4.75. The van der Waals surface area contributed by atoms with Gasteiger partial charge in [0.2, 0.25) is 5.76 Å². The fraction of sp³-hybridized carbons (Fsp3) is 0.565. The Morgan fingerprint density at radius 3 is 2.90 bits per heavy atom. The molecule has 31 heavy (non-hydrogen) atoms. The molecule has 1 saturated carbocycles. The van der Waals surface area contributed by atoms with E-state index in [2.05, 4.69) is 35.1 Å². The number of nitrogens with zero attached hydrogens (tertiary/aromatic N) is 1. The van der Waals surface area contributed by atoms with E-state index in [1.165, 1.54) is 6.21 Å². The number of halogens is 1. The van der Waals surface area contributed by atoms with Crippen molar-refractivity contribution in [2.24, 2.45) is 5.92 Å². The molecular weight excluding hydrogens is 432 g/mol. The van der Waals surface area contributed by atoms with E-state index in [0.717, 1.165) is 57.5 Å². The van der Waals surface area contributed by atoms with Crippen molar-refractivity contribution in [1.82, 2.24) is 4.90 Å². The zero-order valence-corrected chi connectivity index (χ0v) is 20.0. The largest absolute Gasteiger partial charge is 0.483 e. The average molecular weight is 467 g/mol. The molecular formula is C23H35ClN4O2S+2. The van der Waals surface area contributed by atoms with E-state index < -0.39 is 0 Å². The van der Waals surface area contributed by atoms with Crippen LogP contribution >= 0.6 is 11.6 Å². The van der Waals surface area contributed by atoms with Crippen LogP contribution in [0.1, 0.15) is 39.0 Å². The predicted octanol–water partition coefficient (Wildman–Crippen LogP) is 2.38. The van der Waals surface area contributed by atoms with Gasteiger partial charge in [-0.05, 0) is 56.5 Å². The van der Waals surface area contributed by atoms with Crippen LogP contribution in [-0.2, 0) is 22.2 Å². The maximum absolute atomic E-state index is 13.3. The summed E-state index contributed by atoms with van der Waals surface area (Å²) in [6, 6.07) is 7.51. The molecule has 1 aromatic rings. The number of carbonyl (C=O) groups is 1. The predicted molar refractivity (Wildman–Crippen MR) is 130 cm³/mol. The van der Waals surface area contributed by atoms with Gasteiger partial charge in [-0.15, -0.1) is 0 Å². The molecule has 2 unspecified atom stereocenters. The Morgan fingerprint density at radius 2 is 2.23 bits per heavy atom. The number of hydrogen-bond donors (Lipinski definition) is 3. The number of allylic oxidation sites excluding steroid dienone is 1. The molecule has 1 aliphatic carbocycles. The van der Waals surface area contributed by atoms with Crippen molar-refractivity contribution < 1.29 is 14.8 Å². The molecule has 1 heterocycles. The number of rotatable bonds is 9. The van der Waals surface area contributed by atoms with Gasteiger partial charge in [0, 0.05) is 29.3 Å². The highest BCUT2D eigenvalue weighted by Gasteiger charge is 2.31. The van der Waals surface area contributed by atoms with Gasteiger partial charge in [-0.3, -0.25) is 4.79 Å². The van der Waals surface area contributed by atoms with Crippen LogP contribution in [0.15, 0.2) is 35.7 Å². The van der Waals surface area contributed by atoms with Gasteiger partial charge in [-0.1, -0.05) is 24.6 Å². The maximum Gasteiger partial charge on any atom is 0.293 e. The van der Waals surface area contributed by atoms with E-state index in [0.29, 0.717) is 28.4 Å². The molecule has 6 nitrogen and oxygen atoms in total. The van der Waals surface area contributed by atoms with Crippen LogP contribution < -0.4 is 10.6 Å². The van der Waals surface area contributed by atoms with Crippen molar-refractivity contribution in [3.05, 3.63) is 40.7 Å². The van der Waals surface area contributed by atoms with Gasteiger partial charge in [0.1, 0.15) is 17.5 Å². The first kappa shape index (κ1) is 24.0. The number of nitrogens with one attached hydrogen (secondary N) is 2. The monoisotopic (exact) mass is 466 g/mol. The lowest BCUT2D eigenvalue weighted by Gasteiger charge is -2.34. The minimum atomic E-state index is -0.327. The Labute approximate surface area is 195 Å². The van der Waals surface area contributed by atoms with Crippen LogP contribution in [0.2, 0.25) is 5.02 Å². The fourth-order valence-electron chi connectivity index (χ4n) is 4.36. The highest BCUT2D eigenvalue weighted by Crippen LogP contribution is 2.26. The van der Waals surface area contributed by atoms with Gasteiger partial charge < -0.3 is 25.7 Å². The normalized spacial score (nSPS) is 21.4. The van der Waals surface area contributed by atoms with E-state index in [4.69, 9.17) is 21.7 Å². The number of piperazine rings is 1. The number of ether oxygens (including phenoxy) is 1. The lowest BCUT2D eigenvalue weighted by atomic mass is 10.0. The molecule has 4 N–H and O–H groups in total. The number of hydrogen-bond acceptors (Lipinski definition) is 4. The van der Waals surface area contributed by atoms with Crippen molar-refractivity contribution in [1.29, 1.82) is 5.41 Å². The van der Waals surface area contributed by atoms with Crippen LogP contribution in [0.3, 0.4) is 0 Å². The minimum Gasteiger partial charge on any atom is -0.483 e. The number of amides is 1. The first-order valence-electron chi connectivity index (χ1n) is 11.2. The molecule has 0 spiro atoms. The van der Waals surface area contributed by atoms with Crippen molar-refractivity contribution >= 4 is 42.0 Å². The quantitative estimate of drug-likeness (QED) is 0.226. The van der Waals surface area contributed by atoms with Crippen LogP contribution in [0.4, 0.5) is 5.69 Å². The molecule has 170 valence electrons. The van der Waals surface area contributed by atoms with Gasteiger partial charge in [-0.2, -0.15) is 0 Å². The van der Waals surface area contributed by atoms with Crippen molar-refractivity contribution in [3.63, 3.8) is 0 Å². The number of quaternary nitrogens is 1. The molecule has 0 aromatic heterocycles. The Hall–Kier alpha value is -1.70. The van der Waals surface area contributed by atoms with Crippen molar-refractivity contribution in [2.45, 2.75) is 51.2 Å². The molecule has 1 aliphatic heterocycles. The first-order valence-corrected chi connectivity index (χ1v) is 12.3. The number of benzene rings is 1. The summed E-state index contributed by atoms with van der Waals surface area (Å²) in [4.78, 5) is 15.4. The fourth-order valence-corrected chi connectivity index (χ4v) is 4.72. The summed E-state index contributed by atoms with van der Waals surface area (Å²) in [6.07, 6.45) is 6.49. The molecule has 1 amide bonds. The molecule has 0 bridgehead atoms. The lowest BCUT2D eigenvalue weighted by molar-refractivity contribution is -0.698. The number of carbonyl (C=O) groups excluding carboxylic acids is 1. The SMILES string of the molecule is CC(C[SH2+])CC1CN(C(C=N)=C(OC2CCCC2)C(=O)Nc2cccc(Cl)c2)CC[NH2+]1. The van der Waals surface area contributed by atoms with Gasteiger partial charge in [0.25, 0.3) is 5.91 Å². The van der Waals surface area contributed by atoms with Crippen molar-refractivity contribution in [3.8, 4) is 0 Å². The highest BCUT2D eigenvalue weighted by molar-refractivity contribution is 7.58. The number of anilines is 1. The summed E-state index contributed by atoms with van der Waals surface area (Å²) in [5, 5.41) is 14.0. The van der Waals surface area contributed by atoms with Crippen molar-refractivity contribution in [2.75, 3.05) is 30.7 Å². The second kappa shape index (κ2) is 11.8. The van der Waals surface area contributed by atoms with E-state index in [9.17, 15) is 4.79 Å². The molecule has 2 fully saturated rings. The third-order valence-corrected chi connectivity index (χ3v) is 6.92. The Kier molecular flexibility index (Phi) is 9.11. The molecule has 2 atom stereocenters. The van der Waals surface area contributed by atoms with E-state index in [-0.39, 0.29) is 17.8 Å². The van der Waals surface area contributed by atoms with E-state index in [1.54, 1.807) is 24.3 Å². The standard InChI is InChI=1S/C23H33ClN4O2S/c1-16(15-31)11-19-14-28(10-9-26-19)21(13-25)22(30-20-7-2-3-8-20)23(29)27-18-6-4-5-17(24)12-18/h4-6,12-13,16,19-20,25-26,31H,2-3,7-11,14-15H2,1H3,(H,27,29)/p+2. The topological polar surface area (TPSA) is 82.0 Å². The lowest BCUT2D eigenvalue weighted by Crippen LogP contribution is -2.95. The second-order valence-electron chi connectivity index (χ2n) is 8.62. The van der Waals surface area contributed by atoms with E-state index >= 15 is 0 Å². The average Bonchev–Trinajstić information content (AvgIpc) is 3.27. The molecule has 3 rings (SSSR count). The minimum absolute atomic E-state index is 0.0235. The summed E-state index contributed by atoms with van der Waals surface area (Å²) in [5.41, 5.74) is 1.18. The Balaban J connectivity index is 1.84. The van der Waals surface area contributed by atoms with Gasteiger partial charge >= 0.3 is 0 Å². The molecule has 8 heteroatoms. The highest BCUT2D eigenvalue weighted by atomic mass is 35.5. The van der Waals surface area contributed by atoms with Crippen LogP contribution in [0.25, 0.3) is 0 Å². The zero-order chi connectivity index (χ0) is 22.2. The van der Waals surface area contributed by atoms with E-state index in [1.807, 2.05) is 0 Å². The summed E-state index contributed by atoms with van der Waals surface area (Å²) in [5.74, 6) is 1.46. The summed E-state index contributed by atoms with van der Waals surface area (Å²) < 4.78 is 6.24. The van der Waals surface area contributed by atoms with Crippen LogP contribution in [0, 0.1) is 11.3 Å². The third kappa shape index (κ3) is 6.89. The number of nitrogens with two attached hydrogens (primary N) is 1. The van der Waals surface area contributed by atoms with Crippen LogP contribution in [-0.4, -0.2) is 54.6 Å². The Bertz CT molecular complexity index is 798. The summed E-state index contributed by atoms with van der Waals surface area (Å²) >= 11 is 9.70. The molecule has 1 saturated heterocycles. The summed E-state index contributed by atoms with van der Waals surface area (Å²) in [7, 11) is 0. The molecule has 1 aromatic carbocycles. The second-order valence-corrected chi connectivity index (χ2v) is 9.47. The first-order chi connectivity index (χ1) is 15.0. The van der Waals surface area contributed by atoms with Crippen LogP contribution in [0.5, 0.6) is 0 Å². The zero-order valence-electron chi connectivity index (χ0n) is 18.2.